The van der Waals surface area contributed by atoms with Gasteiger partial charge in [0.2, 0.25) is 0 Å². The topological polar surface area (TPSA) is 64.1 Å². The van der Waals surface area contributed by atoms with Gasteiger partial charge in [0.15, 0.2) is 0 Å². The van der Waals surface area contributed by atoms with Crippen molar-refractivity contribution in [2.75, 3.05) is 12.4 Å². The van der Waals surface area contributed by atoms with Crippen LogP contribution in [0, 0.1) is 0 Å². The van der Waals surface area contributed by atoms with Crippen molar-refractivity contribution in [2.45, 2.75) is 19.4 Å². The Kier molecular flexibility index (Phi) is 5.11. The third kappa shape index (κ3) is 3.92. The van der Waals surface area contributed by atoms with Gasteiger partial charge in [0, 0.05) is 11.6 Å². The number of nitrogens with one attached hydrogen (secondary N) is 1. The average molecular weight is 306 g/mol. The number of hydrogen-bond donors (Lipinski definition) is 1. The fourth-order valence-corrected chi connectivity index (χ4v) is 2.12. The third-order valence-corrected chi connectivity index (χ3v) is 3.42. The average Bonchev–Trinajstić information content (AvgIpc) is 2.51. The van der Waals surface area contributed by atoms with E-state index in [2.05, 4.69) is 20.0 Å². The van der Waals surface area contributed by atoms with Crippen molar-refractivity contribution in [3.8, 4) is 0 Å². The fraction of sp³-hybridized carbons (Fsp3) is 0.267. The van der Waals surface area contributed by atoms with Crippen molar-refractivity contribution in [1.82, 2.24) is 9.97 Å². The monoisotopic (exact) mass is 305 g/mol. The minimum atomic E-state index is -0.387. The van der Waals surface area contributed by atoms with Crippen LogP contribution in [0.4, 0.5) is 5.82 Å². The van der Waals surface area contributed by atoms with E-state index >= 15 is 0 Å². The number of aromatic nitrogens is 2. The van der Waals surface area contributed by atoms with E-state index in [9.17, 15) is 4.79 Å². The summed E-state index contributed by atoms with van der Waals surface area (Å²) in [6.07, 6.45) is 1.39. The first kappa shape index (κ1) is 15.3. The summed E-state index contributed by atoms with van der Waals surface area (Å²) in [7, 11) is 1.33. The normalized spacial score (nSPS) is 11.8. The highest BCUT2D eigenvalue weighted by molar-refractivity contribution is 6.30. The van der Waals surface area contributed by atoms with Crippen LogP contribution in [-0.4, -0.2) is 23.0 Å². The second-order valence-electron chi connectivity index (χ2n) is 4.52. The van der Waals surface area contributed by atoms with Gasteiger partial charge in [-0.25, -0.2) is 9.97 Å². The maximum atomic E-state index is 11.5. The van der Waals surface area contributed by atoms with Crippen LogP contribution in [-0.2, 0) is 16.0 Å². The molecule has 1 unspecified atom stereocenters. The predicted octanol–water partition coefficient (Wildman–Crippen LogP) is 3.02. The number of methoxy groups -OCH3 is 1. The number of carbonyl (C=O) groups excluding carboxylic acids is 1. The van der Waals surface area contributed by atoms with Crippen molar-refractivity contribution in [1.29, 1.82) is 0 Å². The quantitative estimate of drug-likeness (QED) is 0.679. The van der Waals surface area contributed by atoms with Crippen LogP contribution in [0.25, 0.3) is 0 Å². The van der Waals surface area contributed by atoms with Gasteiger partial charge in [0.1, 0.15) is 17.3 Å². The smallest absolute Gasteiger partial charge is 0.310 e. The standard InChI is InChI=1S/C15H16ClN3O2/c1-10(11-6-4-3-5-7-11)19-15-12(8-13(20)21-2)14(16)17-9-18-15/h3-7,9-10H,8H2,1-2H3,(H,17,18,19). The van der Waals surface area contributed by atoms with E-state index in [0.29, 0.717) is 11.4 Å². The third-order valence-electron chi connectivity index (χ3n) is 3.09. The lowest BCUT2D eigenvalue weighted by molar-refractivity contribution is -0.139. The zero-order valence-electron chi connectivity index (χ0n) is 11.8. The molecule has 2 aromatic rings. The van der Waals surface area contributed by atoms with Crippen LogP contribution in [0.2, 0.25) is 5.15 Å². The van der Waals surface area contributed by atoms with Crippen molar-refractivity contribution >= 4 is 23.4 Å². The molecule has 1 aromatic heterocycles. The van der Waals surface area contributed by atoms with Gasteiger partial charge in [-0.3, -0.25) is 4.79 Å². The van der Waals surface area contributed by atoms with Crippen LogP contribution in [0.3, 0.4) is 0 Å². The van der Waals surface area contributed by atoms with Gasteiger partial charge >= 0.3 is 5.97 Å². The van der Waals surface area contributed by atoms with E-state index in [1.165, 1.54) is 13.4 Å². The van der Waals surface area contributed by atoms with Gasteiger partial charge in [0.05, 0.1) is 13.5 Å². The Morgan fingerprint density at radius 3 is 2.71 bits per heavy atom. The SMILES string of the molecule is COC(=O)Cc1c(Cl)ncnc1NC(C)c1ccccc1. The molecular weight excluding hydrogens is 290 g/mol. The lowest BCUT2D eigenvalue weighted by Crippen LogP contribution is -2.13. The molecule has 0 saturated heterocycles. The molecule has 5 nitrogen and oxygen atoms in total. The molecule has 1 atom stereocenters. The first-order valence-corrected chi connectivity index (χ1v) is 6.87. The highest BCUT2D eigenvalue weighted by atomic mass is 35.5. The maximum absolute atomic E-state index is 11.5. The van der Waals surface area contributed by atoms with Gasteiger partial charge in [-0.1, -0.05) is 41.9 Å². The van der Waals surface area contributed by atoms with Crippen molar-refractivity contribution < 1.29 is 9.53 Å². The second-order valence-corrected chi connectivity index (χ2v) is 4.88. The van der Waals surface area contributed by atoms with E-state index in [1.54, 1.807) is 0 Å². The molecule has 0 aliphatic rings. The Bertz CT molecular complexity index is 620. The molecule has 0 spiro atoms. The molecule has 1 aromatic carbocycles. The first-order valence-electron chi connectivity index (χ1n) is 6.49. The molecule has 21 heavy (non-hydrogen) atoms. The molecular formula is C15H16ClN3O2. The molecule has 0 aliphatic carbocycles. The number of nitrogens with zero attached hydrogens (tertiary/aromatic N) is 2. The van der Waals surface area contributed by atoms with Crippen LogP contribution in [0.1, 0.15) is 24.1 Å². The summed E-state index contributed by atoms with van der Waals surface area (Å²) in [6.45, 7) is 2.01. The summed E-state index contributed by atoms with van der Waals surface area (Å²) in [4.78, 5) is 19.6. The molecule has 6 heteroatoms. The number of halogens is 1. The molecule has 0 fully saturated rings. The highest BCUT2D eigenvalue weighted by Crippen LogP contribution is 2.25. The van der Waals surface area contributed by atoms with Crippen LogP contribution >= 0.6 is 11.6 Å². The molecule has 0 radical (unpaired) electrons. The minimum absolute atomic E-state index is 0.0218. The fourth-order valence-electron chi connectivity index (χ4n) is 1.92. The Morgan fingerprint density at radius 1 is 1.33 bits per heavy atom. The molecule has 2 rings (SSSR count). The van der Waals surface area contributed by atoms with Gasteiger partial charge in [0.25, 0.3) is 0 Å². The Balaban J connectivity index is 2.23. The van der Waals surface area contributed by atoms with Crippen molar-refractivity contribution in [2.24, 2.45) is 0 Å². The molecule has 0 aliphatic heterocycles. The largest absolute Gasteiger partial charge is 0.469 e. The predicted molar refractivity (Wildman–Crippen MR) is 81.2 cm³/mol. The lowest BCUT2D eigenvalue weighted by atomic mass is 10.1. The summed E-state index contributed by atoms with van der Waals surface area (Å²) >= 11 is 6.06. The molecule has 0 amide bonds. The summed E-state index contributed by atoms with van der Waals surface area (Å²) < 4.78 is 4.67. The van der Waals surface area contributed by atoms with Gasteiger partial charge in [-0.15, -0.1) is 0 Å². The second kappa shape index (κ2) is 7.04. The number of ether oxygens (including phenoxy) is 1. The van der Waals surface area contributed by atoms with E-state index in [0.717, 1.165) is 5.56 Å². The zero-order valence-corrected chi connectivity index (χ0v) is 12.6. The Morgan fingerprint density at radius 2 is 2.05 bits per heavy atom. The molecule has 0 saturated carbocycles. The van der Waals surface area contributed by atoms with E-state index in [4.69, 9.17) is 11.6 Å². The summed E-state index contributed by atoms with van der Waals surface area (Å²) in [5.41, 5.74) is 1.64. The summed E-state index contributed by atoms with van der Waals surface area (Å²) in [5, 5.41) is 3.50. The number of benzene rings is 1. The van der Waals surface area contributed by atoms with E-state index in [-0.39, 0.29) is 23.6 Å². The number of anilines is 1. The Hall–Kier alpha value is -2.14. The summed E-state index contributed by atoms with van der Waals surface area (Å²) in [6, 6.07) is 9.95. The van der Waals surface area contributed by atoms with E-state index in [1.807, 2.05) is 37.3 Å². The van der Waals surface area contributed by atoms with Gasteiger partial charge in [-0.2, -0.15) is 0 Å². The highest BCUT2D eigenvalue weighted by Gasteiger charge is 2.16. The van der Waals surface area contributed by atoms with E-state index < -0.39 is 0 Å². The van der Waals surface area contributed by atoms with Crippen LogP contribution in [0.5, 0.6) is 0 Å². The number of esters is 1. The zero-order chi connectivity index (χ0) is 15.2. The molecule has 110 valence electrons. The lowest BCUT2D eigenvalue weighted by Gasteiger charge is -2.17. The first-order chi connectivity index (χ1) is 10.1. The molecule has 1 heterocycles. The molecule has 1 N–H and O–H groups in total. The van der Waals surface area contributed by atoms with Gasteiger partial charge < -0.3 is 10.1 Å². The minimum Gasteiger partial charge on any atom is -0.469 e. The molecule has 0 bridgehead atoms. The van der Waals surface area contributed by atoms with Crippen LogP contribution in [0.15, 0.2) is 36.7 Å². The maximum Gasteiger partial charge on any atom is 0.310 e. The Labute approximate surface area is 128 Å². The van der Waals surface area contributed by atoms with Crippen molar-refractivity contribution in [3.63, 3.8) is 0 Å². The number of hydrogen-bond acceptors (Lipinski definition) is 5. The van der Waals surface area contributed by atoms with Crippen LogP contribution < -0.4 is 5.32 Å². The van der Waals surface area contributed by atoms with Gasteiger partial charge in [-0.05, 0) is 12.5 Å². The summed E-state index contributed by atoms with van der Waals surface area (Å²) in [5.74, 6) is 0.152. The number of rotatable bonds is 5. The van der Waals surface area contributed by atoms with Crippen molar-refractivity contribution in [3.05, 3.63) is 52.9 Å². The number of carbonyl (C=O) groups is 1.